The predicted molar refractivity (Wildman–Crippen MR) is 125 cm³/mol. The molecule has 8 heteroatoms. The van der Waals surface area contributed by atoms with E-state index in [0.29, 0.717) is 42.2 Å². The van der Waals surface area contributed by atoms with Crippen LogP contribution in [0.1, 0.15) is 18.1 Å². The summed E-state index contributed by atoms with van der Waals surface area (Å²) in [6.07, 6.45) is 0.725. The number of nitrogens with two attached hydrogens (primary N) is 1. The molecule has 2 rings (SSSR count). The van der Waals surface area contributed by atoms with Crippen molar-refractivity contribution in [1.29, 1.82) is 0 Å². The Bertz CT molecular complexity index is 787. The van der Waals surface area contributed by atoms with Crippen LogP contribution in [0.4, 0.5) is 0 Å². The van der Waals surface area contributed by atoms with Crippen LogP contribution in [0.3, 0.4) is 0 Å². The highest BCUT2D eigenvalue weighted by Crippen LogP contribution is 2.27. The lowest BCUT2D eigenvalue weighted by Gasteiger charge is -2.12. The first-order chi connectivity index (χ1) is 13.1. The number of nitrogens with zero attached hydrogens (tertiary/aromatic N) is 1. The van der Waals surface area contributed by atoms with Gasteiger partial charge in [-0.1, -0.05) is 17.7 Å². The Balaban J connectivity index is 0.00000392. The van der Waals surface area contributed by atoms with E-state index in [4.69, 9.17) is 31.5 Å². The molecule has 0 amide bonds. The highest BCUT2D eigenvalue weighted by atomic mass is 127. The molecule has 0 aliphatic carbocycles. The molecule has 154 valence electrons. The summed E-state index contributed by atoms with van der Waals surface area (Å²) in [7, 11) is 3.21. The molecular weight excluding hydrogens is 493 g/mol. The molecule has 0 fully saturated rings. The number of benzene rings is 2. The SMILES string of the molecule is CCOc1ccc(Cl)cc1CCNC(N)=NCc1ccc(OC)c(OC)c1.I. The van der Waals surface area contributed by atoms with Crippen LogP contribution in [0, 0.1) is 0 Å². The van der Waals surface area contributed by atoms with Crippen LogP contribution in [0.2, 0.25) is 5.02 Å². The van der Waals surface area contributed by atoms with E-state index in [2.05, 4.69) is 10.3 Å². The van der Waals surface area contributed by atoms with Crippen LogP contribution in [0.15, 0.2) is 41.4 Å². The van der Waals surface area contributed by atoms with Crippen molar-refractivity contribution < 1.29 is 14.2 Å². The predicted octanol–water partition coefficient (Wildman–Crippen LogP) is 4.02. The van der Waals surface area contributed by atoms with Crippen molar-refractivity contribution in [3.63, 3.8) is 0 Å². The van der Waals surface area contributed by atoms with E-state index in [1.54, 1.807) is 14.2 Å². The van der Waals surface area contributed by atoms with Crippen molar-refractivity contribution in [2.75, 3.05) is 27.4 Å². The molecule has 0 saturated heterocycles. The number of guanidine groups is 1. The minimum Gasteiger partial charge on any atom is -0.494 e. The van der Waals surface area contributed by atoms with Gasteiger partial charge in [0, 0.05) is 11.6 Å². The van der Waals surface area contributed by atoms with Gasteiger partial charge in [-0.05, 0) is 54.8 Å². The van der Waals surface area contributed by atoms with Crippen LogP contribution in [0.5, 0.6) is 17.2 Å². The van der Waals surface area contributed by atoms with Gasteiger partial charge in [0.15, 0.2) is 17.5 Å². The quantitative estimate of drug-likeness (QED) is 0.297. The summed E-state index contributed by atoms with van der Waals surface area (Å²) in [5, 5.41) is 3.80. The van der Waals surface area contributed by atoms with Gasteiger partial charge in [0.1, 0.15) is 5.75 Å². The van der Waals surface area contributed by atoms with E-state index in [9.17, 15) is 0 Å². The number of aliphatic imine (C=N–C) groups is 1. The van der Waals surface area contributed by atoms with Crippen LogP contribution in [0.25, 0.3) is 0 Å². The van der Waals surface area contributed by atoms with Crippen LogP contribution >= 0.6 is 35.6 Å². The number of methoxy groups -OCH3 is 2. The summed E-state index contributed by atoms with van der Waals surface area (Å²) in [5.41, 5.74) is 7.97. The van der Waals surface area contributed by atoms with Gasteiger partial charge < -0.3 is 25.3 Å². The zero-order valence-electron chi connectivity index (χ0n) is 16.3. The van der Waals surface area contributed by atoms with Gasteiger partial charge in [0.2, 0.25) is 0 Å². The summed E-state index contributed by atoms with van der Waals surface area (Å²) >= 11 is 6.08. The third kappa shape index (κ3) is 7.27. The maximum atomic E-state index is 6.08. The molecule has 28 heavy (non-hydrogen) atoms. The van der Waals surface area contributed by atoms with Crippen LogP contribution in [-0.4, -0.2) is 33.3 Å². The molecule has 0 unspecified atom stereocenters. The van der Waals surface area contributed by atoms with Crippen LogP contribution in [-0.2, 0) is 13.0 Å². The van der Waals surface area contributed by atoms with Gasteiger partial charge in [0.05, 0.1) is 27.4 Å². The minimum absolute atomic E-state index is 0. The Kier molecular flexibility index (Phi) is 10.8. The molecule has 0 aliphatic rings. The number of rotatable bonds is 9. The van der Waals surface area contributed by atoms with E-state index in [1.165, 1.54) is 0 Å². The van der Waals surface area contributed by atoms with Gasteiger partial charge in [-0.2, -0.15) is 0 Å². The molecule has 0 aromatic heterocycles. The van der Waals surface area contributed by atoms with E-state index in [-0.39, 0.29) is 24.0 Å². The standard InChI is InChI=1S/C20H26ClN3O3.HI/c1-4-27-17-8-6-16(21)12-15(17)9-10-23-20(22)24-13-14-5-7-18(25-2)19(11-14)26-3;/h5-8,11-12H,4,9-10,13H2,1-3H3,(H3,22,23,24);1H. The maximum Gasteiger partial charge on any atom is 0.188 e. The van der Waals surface area contributed by atoms with E-state index in [0.717, 1.165) is 23.3 Å². The molecule has 0 bridgehead atoms. The Morgan fingerprint density at radius 1 is 1.07 bits per heavy atom. The number of nitrogens with one attached hydrogen (secondary N) is 1. The van der Waals surface area contributed by atoms with Gasteiger partial charge in [-0.3, -0.25) is 0 Å². The third-order valence-corrected chi connectivity index (χ3v) is 4.14. The highest BCUT2D eigenvalue weighted by molar-refractivity contribution is 14.0. The zero-order chi connectivity index (χ0) is 19.6. The molecular formula is C20H27ClIN3O3. The fourth-order valence-electron chi connectivity index (χ4n) is 2.58. The normalized spacial score (nSPS) is 10.8. The van der Waals surface area contributed by atoms with Crippen molar-refractivity contribution in [3.05, 3.63) is 52.5 Å². The molecule has 2 aromatic carbocycles. The third-order valence-electron chi connectivity index (χ3n) is 3.90. The molecule has 0 radical (unpaired) electrons. The van der Waals surface area contributed by atoms with Gasteiger partial charge in [-0.15, -0.1) is 24.0 Å². The summed E-state index contributed by atoms with van der Waals surface area (Å²) in [5.74, 6) is 2.57. The van der Waals surface area contributed by atoms with Crippen molar-refractivity contribution >= 4 is 41.5 Å². The molecule has 0 heterocycles. The second-order valence-electron chi connectivity index (χ2n) is 5.75. The molecule has 2 aromatic rings. The van der Waals surface area contributed by atoms with Crippen LogP contribution < -0.4 is 25.3 Å². The summed E-state index contributed by atoms with van der Waals surface area (Å²) in [6, 6.07) is 11.3. The first kappa shape index (κ1) is 24.2. The molecule has 0 saturated carbocycles. The lowest BCUT2D eigenvalue weighted by Crippen LogP contribution is -2.33. The first-order valence-electron chi connectivity index (χ1n) is 8.73. The zero-order valence-corrected chi connectivity index (χ0v) is 19.4. The number of ether oxygens (including phenoxy) is 3. The Labute approximate surface area is 188 Å². The summed E-state index contributed by atoms with van der Waals surface area (Å²) in [6.45, 7) is 3.63. The monoisotopic (exact) mass is 519 g/mol. The van der Waals surface area contributed by atoms with E-state index in [1.807, 2.05) is 43.3 Å². The average molecular weight is 520 g/mol. The van der Waals surface area contributed by atoms with Crippen molar-refractivity contribution in [3.8, 4) is 17.2 Å². The van der Waals surface area contributed by atoms with Crippen molar-refractivity contribution in [2.45, 2.75) is 19.9 Å². The first-order valence-corrected chi connectivity index (χ1v) is 9.11. The maximum absolute atomic E-state index is 6.08. The Morgan fingerprint density at radius 2 is 1.79 bits per heavy atom. The van der Waals surface area contributed by atoms with Crippen molar-refractivity contribution in [1.82, 2.24) is 5.32 Å². The second kappa shape index (κ2) is 12.6. The largest absolute Gasteiger partial charge is 0.494 e. The summed E-state index contributed by atoms with van der Waals surface area (Å²) < 4.78 is 16.2. The second-order valence-corrected chi connectivity index (χ2v) is 6.19. The van der Waals surface area contributed by atoms with Gasteiger partial charge in [0.25, 0.3) is 0 Å². The highest BCUT2D eigenvalue weighted by Gasteiger charge is 2.06. The molecule has 0 atom stereocenters. The van der Waals surface area contributed by atoms with E-state index >= 15 is 0 Å². The minimum atomic E-state index is 0. The molecule has 3 N–H and O–H groups in total. The van der Waals surface area contributed by atoms with Gasteiger partial charge >= 0.3 is 0 Å². The number of halogens is 2. The average Bonchev–Trinajstić information content (AvgIpc) is 2.68. The smallest absolute Gasteiger partial charge is 0.188 e. The van der Waals surface area contributed by atoms with Crippen molar-refractivity contribution in [2.24, 2.45) is 10.7 Å². The van der Waals surface area contributed by atoms with Gasteiger partial charge in [-0.25, -0.2) is 4.99 Å². The Hall–Kier alpha value is -1.87. The summed E-state index contributed by atoms with van der Waals surface area (Å²) in [4.78, 5) is 4.36. The van der Waals surface area contributed by atoms with E-state index < -0.39 is 0 Å². The fourth-order valence-corrected chi connectivity index (χ4v) is 2.77. The lowest BCUT2D eigenvalue weighted by molar-refractivity contribution is 0.336. The Morgan fingerprint density at radius 3 is 2.46 bits per heavy atom. The molecule has 6 nitrogen and oxygen atoms in total. The number of hydrogen-bond acceptors (Lipinski definition) is 4. The topological polar surface area (TPSA) is 78.1 Å². The molecule has 0 aliphatic heterocycles. The fraction of sp³-hybridized carbons (Fsp3) is 0.350. The lowest BCUT2D eigenvalue weighted by atomic mass is 10.1. The number of hydrogen-bond donors (Lipinski definition) is 2. The molecule has 0 spiro atoms.